The zero-order chi connectivity index (χ0) is 7.84. The second-order valence-corrected chi connectivity index (χ2v) is 2.61. The van der Waals surface area contributed by atoms with Crippen LogP contribution in [-0.2, 0) is 13.1 Å². The lowest BCUT2D eigenvalue weighted by Gasteiger charge is -2.01. The molecule has 0 aliphatic carbocycles. The molecule has 0 aromatic carbocycles. The van der Waals surface area contributed by atoms with Crippen LogP contribution >= 0.6 is 0 Å². The smallest absolute Gasteiger partial charge is 0.265 e. The van der Waals surface area contributed by atoms with Gasteiger partial charge in [0.05, 0.1) is 0 Å². The van der Waals surface area contributed by atoms with Gasteiger partial charge < -0.3 is 0 Å². The highest BCUT2D eigenvalue weighted by Gasteiger charge is 2.10. The second kappa shape index (κ2) is 2.08. The summed E-state index contributed by atoms with van der Waals surface area (Å²) in [5, 5.41) is 0. The fourth-order valence-electron chi connectivity index (χ4n) is 1.38. The summed E-state index contributed by atoms with van der Waals surface area (Å²) in [5.41, 5.74) is -0.163. The second-order valence-electron chi connectivity index (χ2n) is 2.61. The zero-order valence-electron chi connectivity index (χ0n) is 5.99. The largest absolute Gasteiger partial charge is 0.268 e. The summed E-state index contributed by atoms with van der Waals surface area (Å²) < 4.78 is 2.98. The van der Waals surface area contributed by atoms with Crippen molar-refractivity contribution in [2.45, 2.75) is 19.5 Å². The van der Waals surface area contributed by atoms with Crippen LogP contribution in [0.5, 0.6) is 0 Å². The van der Waals surface area contributed by atoms with E-state index in [1.165, 1.54) is 21.5 Å². The van der Waals surface area contributed by atoms with E-state index >= 15 is 0 Å². The zero-order valence-corrected chi connectivity index (χ0v) is 5.99. The predicted octanol–water partition coefficient (Wildman–Crippen LogP) is -0.586. The summed E-state index contributed by atoms with van der Waals surface area (Å²) >= 11 is 0. The molecular weight excluding hydrogens is 144 g/mol. The first-order chi connectivity index (χ1) is 5.29. The van der Waals surface area contributed by atoms with E-state index in [1.807, 2.05) is 0 Å². The van der Waals surface area contributed by atoms with Gasteiger partial charge in [-0.1, -0.05) is 0 Å². The van der Waals surface area contributed by atoms with Gasteiger partial charge in [-0.3, -0.25) is 9.59 Å². The molecule has 4 heteroatoms. The molecule has 1 aromatic heterocycles. The number of rotatable bonds is 0. The van der Waals surface area contributed by atoms with Crippen LogP contribution < -0.4 is 11.1 Å². The molecule has 0 atom stereocenters. The molecule has 0 saturated carbocycles. The summed E-state index contributed by atoms with van der Waals surface area (Å²) in [7, 11) is 0. The maximum Gasteiger partial charge on any atom is 0.265 e. The molecule has 0 bridgehead atoms. The minimum absolute atomic E-state index is 0.0814. The molecule has 0 unspecified atom stereocenters. The van der Waals surface area contributed by atoms with Crippen molar-refractivity contribution in [3.8, 4) is 0 Å². The summed E-state index contributed by atoms with van der Waals surface area (Å²) in [5.74, 6) is 0. The van der Waals surface area contributed by atoms with Gasteiger partial charge in [-0.25, -0.2) is 9.36 Å². The minimum Gasteiger partial charge on any atom is -0.268 e. The van der Waals surface area contributed by atoms with Crippen LogP contribution in [0.3, 0.4) is 0 Å². The van der Waals surface area contributed by atoms with E-state index < -0.39 is 0 Å². The van der Waals surface area contributed by atoms with Crippen LogP contribution in [0.1, 0.15) is 6.42 Å². The molecule has 1 aliphatic heterocycles. The van der Waals surface area contributed by atoms with Crippen molar-refractivity contribution in [2.75, 3.05) is 0 Å². The first kappa shape index (κ1) is 6.39. The van der Waals surface area contributed by atoms with Gasteiger partial charge in [0.1, 0.15) is 0 Å². The van der Waals surface area contributed by atoms with E-state index in [0.717, 1.165) is 6.42 Å². The lowest BCUT2D eigenvalue weighted by atomic mass is 10.5. The Morgan fingerprint density at radius 1 is 1.00 bits per heavy atom. The lowest BCUT2D eigenvalue weighted by molar-refractivity contribution is 0.548. The third kappa shape index (κ3) is 0.824. The van der Waals surface area contributed by atoms with Gasteiger partial charge in [0.2, 0.25) is 0 Å². The Balaban J connectivity index is 2.84. The Kier molecular flexibility index (Phi) is 1.21. The van der Waals surface area contributed by atoms with E-state index in [-0.39, 0.29) is 11.1 Å². The maximum atomic E-state index is 11.1. The van der Waals surface area contributed by atoms with Crippen LogP contribution in [0.25, 0.3) is 0 Å². The molecule has 58 valence electrons. The molecule has 2 rings (SSSR count). The molecule has 0 amide bonds. The fourth-order valence-corrected chi connectivity index (χ4v) is 1.38. The highest BCUT2D eigenvalue weighted by molar-refractivity contribution is 4.89. The molecule has 0 saturated heterocycles. The fraction of sp³-hybridized carbons (Fsp3) is 0.429. The monoisotopic (exact) mass is 152 g/mol. The normalized spacial score (nSPS) is 14.9. The molecule has 0 N–H and O–H groups in total. The van der Waals surface area contributed by atoms with Crippen LogP contribution in [0, 0.1) is 0 Å². The van der Waals surface area contributed by atoms with Crippen molar-refractivity contribution >= 4 is 0 Å². The van der Waals surface area contributed by atoms with E-state index in [0.29, 0.717) is 13.1 Å². The van der Waals surface area contributed by atoms with Crippen molar-refractivity contribution in [1.82, 2.24) is 9.36 Å². The summed E-state index contributed by atoms with van der Waals surface area (Å²) in [6.45, 7) is 1.35. The van der Waals surface area contributed by atoms with Crippen LogP contribution in [-0.4, -0.2) is 9.36 Å². The molecule has 0 spiro atoms. The molecule has 1 aliphatic rings. The lowest BCUT2D eigenvalue weighted by Crippen LogP contribution is -2.32. The van der Waals surface area contributed by atoms with E-state index in [4.69, 9.17) is 0 Å². The number of hydrogen-bond donors (Lipinski definition) is 0. The molecule has 1 aromatic rings. The van der Waals surface area contributed by atoms with Crippen molar-refractivity contribution in [3.05, 3.63) is 32.8 Å². The number of aromatic nitrogens is 2. The van der Waals surface area contributed by atoms with Crippen molar-refractivity contribution < 1.29 is 0 Å². The van der Waals surface area contributed by atoms with Gasteiger partial charge in [-0.05, 0) is 6.42 Å². The Hall–Kier alpha value is -1.32. The average molecular weight is 152 g/mol. The third-order valence-electron chi connectivity index (χ3n) is 1.91. The summed E-state index contributed by atoms with van der Waals surface area (Å²) in [4.78, 5) is 22.1. The quantitative estimate of drug-likeness (QED) is 0.499. The van der Waals surface area contributed by atoms with Gasteiger partial charge in [0.25, 0.3) is 11.1 Å². The Labute approximate surface area is 62.7 Å². The van der Waals surface area contributed by atoms with Gasteiger partial charge in [-0.2, -0.15) is 0 Å². The topological polar surface area (TPSA) is 44.0 Å². The molecule has 2 heterocycles. The van der Waals surface area contributed by atoms with Crippen LogP contribution in [0.4, 0.5) is 0 Å². The summed E-state index contributed by atoms with van der Waals surface area (Å²) in [6, 6.07) is 2.65. The van der Waals surface area contributed by atoms with Crippen LogP contribution in [0.15, 0.2) is 21.7 Å². The number of hydrogen-bond acceptors (Lipinski definition) is 2. The van der Waals surface area contributed by atoms with Gasteiger partial charge in [0, 0.05) is 25.2 Å². The average Bonchev–Trinajstić information content (AvgIpc) is 2.45. The molecule has 0 fully saturated rings. The maximum absolute atomic E-state index is 11.1. The van der Waals surface area contributed by atoms with Crippen molar-refractivity contribution in [3.63, 3.8) is 0 Å². The molecular formula is C7H8N2O2. The highest BCUT2D eigenvalue weighted by atomic mass is 16.2. The summed E-state index contributed by atoms with van der Waals surface area (Å²) in [6.07, 6.45) is 0.888. The van der Waals surface area contributed by atoms with E-state index in [1.54, 1.807) is 0 Å². The van der Waals surface area contributed by atoms with Gasteiger partial charge >= 0.3 is 0 Å². The molecule has 0 radical (unpaired) electrons. The molecule has 11 heavy (non-hydrogen) atoms. The van der Waals surface area contributed by atoms with Crippen LogP contribution in [0.2, 0.25) is 0 Å². The third-order valence-corrected chi connectivity index (χ3v) is 1.91. The Bertz CT molecular complexity index is 351. The van der Waals surface area contributed by atoms with E-state index in [9.17, 15) is 9.59 Å². The first-order valence-electron chi connectivity index (χ1n) is 3.60. The standard InChI is InChI=1S/C7H8N2O2/c10-6-2-3-7(11)9-5-1-4-8(6)9/h2-3H,1,4-5H2. The van der Waals surface area contributed by atoms with Gasteiger partial charge in [0.15, 0.2) is 0 Å². The first-order valence-corrected chi connectivity index (χ1v) is 3.60. The highest BCUT2D eigenvalue weighted by Crippen LogP contribution is 1.96. The number of nitrogens with zero attached hydrogens (tertiary/aromatic N) is 2. The Morgan fingerprint density at radius 3 is 1.91 bits per heavy atom. The van der Waals surface area contributed by atoms with Crippen molar-refractivity contribution in [1.29, 1.82) is 0 Å². The predicted molar refractivity (Wildman–Crippen MR) is 39.6 cm³/mol. The van der Waals surface area contributed by atoms with E-state index in [2.05, 4.69) is 0 Å². The minimum atomic E-state index is -0.0814. The number of fused-ring (bicyclic) bond motifs is 1. The SMILES string of the molecule is O=c1ccc(=O)n2n1CCC2. The Morgan fingerprint density at radius 2 is 1.45 bits per heavy atom. The molecule has 4 nitrogen and oxygen atoms in total. The van der Waals surface area contributed by atoms with Gasteiger partial charge in [-0.15, -0.1) is 0 Å². The van der Waals surface area contributed by atoms with Crippen molar-refractivity contribution in [2.24, 2.45) is 0 Å².